The first-order chi connectivity index (χ1) is 12.7. The van der Waals surface area contributed by atoms with Gasteiger partial charge in [-0.05, 0) is 62.0 Å². The van der Waals surface area contributed by atoms with Gasteiger partial charge in [0.25, 0.3) is 0 Å². The lowest BCUT2D eigenvalue weighted by Crippen LogP contribution is -2.18. The molecule has 0 aliphatic heterocycles. The van der Waals surface area contributed by atoms with E-state index in [4.69, 9.17) is 0 Å². The van der Waals surface area contributed by atoms with Gasteiger partial charge in [0.2, 0.25) is 0 Å². The zero-order valence-electron chi connectivity index (χ0n) is 14.6. The van der Waals surface area contributed by atoms with Gasteiger partial charge in [-0.25, -0.2) is 0 Å². The van der Waals surface area contributed by atoms with Crippen LogP contribution >= 0.6 is 0 Å². The highest BCUT2D eigenvalue weighted by atomic mass is 19.4. The van der Waals surface area contributed by atoms with Crippen molar-refractivity contribution in [3.63, 3.8) is 0 Å². The summed E-state index contributed by atoms with van der Waals surface area (Å²) in [5, 5.41) is 3.17. The molecular weight excluding hydrogens is 368 g/mol. The predicted octanol–water partition coefficient (Wildman–Crippen LogP) is 5.88. The van der Waals surface area contributed by atoms with E-state index in [0.717, 1.165) is 24.3 Å². The standard InChI is InChI=1S/C20H21F6N/c21-19(22,23)17-9-1-5-15(13-17)7-3-11-27-12-4-8-16-6-2-10-18(14-16)20(24,25)26/h1-2,5-6,9-10,13-14,27H,3-4,7-8,11-12H2. The van der Waals surface area contributed by atoms with E-state index in [2.05, 4.69) is 5.32 Å². The summed E-state index contributed by atoms with van der Waals surface area (Å²) in [5.41, 5.74) is -0.0192. The Morgan fingerprint density at radius 1 is 0.630 bits per heavy atom. The fourth-order valence-corrected chi connectivity index (χ4v) is 2.77. The molecule has 0 unspecified atom stereocenters. The van der Waals surface area contributed by atoms with Crippen LogP contribution in [0.25, 0.3) is 0 Å². The molecule has 1 N–H and O–H groups in total. The van der Waals surface area contributed by atoms with Crippen molar-refractivity contribution in [2.24, 2.45) is 0 Å². The minimum Gasteiger partial charge on any atom is -0.317 e. The lowest BCUT2D eigenvalue weighted by atomic mass is 10.1. The van der Waals surface area contributed by atoms with Gasteiger partial charge in [0, 0.05) is 0 Å². The van der Waals surface area contributed by atoms with Gasteiger partial charge in [-0.2, -0.15) is 26.3 Å². The first kappa shape index (κ1) is 21.3. The van der Waals surface area contributed by atoms with Crippen molar-refractivity contribution < 1.29 is 26.3 Å². The smallest absolute Gasteiger partial charge is 0.317 e. The van der Waals surface area contributed by atoms with Crippen LogP contribution in [-0.2, 0) is 25.2 Å². The van der Waals surface area contributed by atoms with E-state index in [9.17, 15) is 26.3 Å². The molecule has 2 aromatic rings. The van der Waals surface area contributed by atoms with E-state index in [0.29, 0.717) is 49.9 Å². The molecule has 0 atom stereocenters. The Bertz CT molecular complexity index is 659. The van der Waals surface area contributed by atoms with Crippen LogP contribution in [0.2, 0.25) is 0 Å². The molecule has 148 valence electrons. The van der Waals surface area contributed by atoms with Crippen LogP contribution in [0.3, 0.4) is 0 Å². The molecule has 2 aromatic carbocycles. The Morgan fingerprint density at radius 3 is 1.41 bits per heavy atom. The number of rotatable bonds is 8. The van der Waals surface area contributed by atoms with Crippen LogP contribution < -0.4 is 5.32 Å². The lowest BCUT2D eigenvalue weighted by molar-refractivity contribution is -0.138. The van der Waals surface area contributed by atoms with Crippen molar-refractivity contribution in [3.8, 4) is 0 Å². The van der Waals surface area contributed by atoms with E-state index in [-0.39, 0.29) is 0 Å². The average molecular weight is 389 g/mol. The fourth-order valence-electron chi connectivity index (χ4n) is 2.77. The highest BCUT2D eigenvalue weighted by molar-refractivity contribution is 5.26. The Morgan fingerprint density at radius 2 is 1.04 bits per heavy atom. The van der Waals surface area contributed by atoms with E-state index in [1.165, 1.54) is 12.1 Å². The number of alkyl halides is 6. The van der Waals surface area contributed by atoms with Crippen LogP contribution in [0.4, 0.5) is 26.3 Å². The molecule has 0 aliphatic rings. The zero-order valence-corrected chi connectivity index (χ0v) is 14.6. The summed E-state index contributed by atoms with van der Waals surface area (Å²) in [6.07, 6.45) is -6.24. The quantitative estimate of drug-likeness (QED) is 0.439. The van der Waals surface area contributed by atoms with Crippen molar-refractivity contribution >= 4 is 0 Å². The summed E-state index contributed by atoms with van der Waals surface area (Å²) in [6.45, 7) is 1.28. The third kappa shape index (κ3) is 7.25. The van der Waals surface area contributed by atoms with Crippen molar-refractivity contribution in [2.75, 3.05) is 13.1 Å². The fraction of sp³-hybridized carbons (Fsp3) is 0.400. The molecular formula is C20H21F6N. The van der Waals surface area contributed by atoms with Gasteiger partial charge in [-0.1, -0.05) is 36.4 Å². The second-order valence-corrected chi connectivity index (χ2v) is 6.35. The third-order valence-corrected chi connectivity index (χ3v) is 4.15. The van der Waals surface area contributed by atoms with Gasteiger partial charge in [0.1, 0.15) is 0 Å². The van der Waals surface area contributed by atoms with Crippen molar-refractivity contribution in [2.45, 2.75) is 38.0 Å². The number of halogens is 6. The minimum atomic E-state index is -4.34. The Hall–Kier alpha value is -2.02. The van der Waals surface area contributed by atoms with E-state index < -0.39 is 23.5 Å². The Labute approximate surface area is 154 Å². The Kier molecular flexibility index (Phi) is 7.30. The Balaban J connectivity index is 1.66. The number of hydrogen-bond acceptors (Lipinski definition) is 1. The molecule has 1 nitrogen and oxygen atoms in total. The largest absolute Gasteiger partial charge is 0.416 e. The summed E-state index contributed by atoms with van der Waals surface area (Å²) in [4.78, 5) is 0. The van der Waals surface area contributed by atoms with Gasteiger partial charge >= 0.3 is 12.4 Å². The van der Waals surface area contributed by atoms with Gasteiger partial charge in [-0.15, -0.1) is 0 Å². The summed E-state index contributed by atoms with van der Waals surface area (Å²) < 4.78 is 75.9. The predicted molar refractivity (Wildman–Crippen MR) is 92.4 cm³/mol. The van der Waals surface area contributed by atoms with E-state index >= 15 is 0 Å². The molecule has 0 amide bonds. The molecule has 0 fully saturated rings. The summed E-state index contributed by atoms with van der Waals surface area (Å²) in [7, 11) is 0. The number of hydrogen-bond donors (Lipinski definition) is 1. The van der Waals surface area contributed by atoms with Crippen LogP contribution in [0.5, 0.6) is 0 Å². The molecule has 0 spiro atoms. The molecule has 0 aliphatic carbocycles. The molecule has 0 saturated heterocycles. The SMILES string of the molecule is FC(F)(F)c1cccc(CCCNCCCc2cccc(C(F)(F)F)c2)c1. The minimum absolute atomic E-state index is 0.532. The summed E-state index contributed by atoms with van der Waals surface area (Å²) in [6, 6.07) is 10.6. The average Bonchev–Trinajstić information content (AvgIpc) is 2.60. The highest BCUT2D eigenvalue weighted by Gasteiger charge is 2.30. The highest BCUT2D eigenvalue weighted by Crippen LogP contribution is 2.30. The molecule has 0 heterocycles. The number of nitrogens with one attached hydrogen (secondary N) is 1. The third-order valence-electron chi connectivity index (χ3n) is 4.15. The van der Waals surface area contributed by atoms with Gasteiger partial charge in [0.05, 0.1) is 11.1 Å². The first-order valence-corrected chi connectivity index (χ1v) is 8.69. The maximum atomic E-state index is 12.7. The van der Waals surface area contributed by atoms with Gasteiger partial charge < -0.3 is 5.32 Å². The van der Waals surface area contributed by atoms with Gasteiger partial charge in [-0.3, -0.25) is 0 Å². The molecule has 27 heavy (non-hydrogen) atoms. The monoisotopic (exact) mass is 389 g/mol. The van der Waals surface area contributed by atoms with E-state index in [1.807, 2.05) is 0 Å². The number of aryl methyl sites for hydroxylation is 2. The van der Waals surface area contributed by atoms with Crippen LogP contribution in [-0.4, -0.2) is 13.1 Å². The van der Waals surface area contributed by atoms with Crippen molar-refractivity contribution in [1.82, 2.24) is 5.32 Å². The van der Waals surface area contributed by atoms with Gasteiger partial charge in [0.15, 0.2) is 0 Å². The van der Waals surface area contributed by atoms with Crippen LogP contribution in [0, 0.1) is 0 Å². The van der Waals surface area contributed by atoms with E-state index in [1.54, 1.807) is 12.1 Å². The van der Waals surface area contributed by atoms with Crippen LogP contribution in [0.1, 0.15) is 35.1 Å². The topological polar surface area (TPSA) is 12.0 Å². The maximum Gasteiger partial charge on any atom is 0.416 e. The number of benzene rings is 2. The van der Waals surface area contributed by atoms with Crippen LogP contribution in [0.15, 0.2) is 48.5 Å². The first-order valence-electron chi connectivity index (χ1n) is 8.69. The summed E-state index contributed by atoms with van der Waals surface area (Å²) in [5.74, 6) is 0. The zero-order chi connectivity index (χ0) is 19.9. The normalized spacial score (nSPS) is 12.4. The van der Waals surface area contributed by atoms with Crippen molar-refractivity contribution in [3.05, 3.63) is 70.8 Å². The summed E-state index contributed by atoms with van der Waals surface area (Å²) >= 11 is 0. The maximum absolute atomic E-state index is 12.7. The molecule has 0 aromatic heterocycles. The second-order valence-electron chi connectivity index (χ2n) is 6.35. The molecule has 0 saturated carbocycles. The molecule has 0 bridgehead atoms. The second kappa shape index (κ2) is 9.26. The molecule has 7 heteroatoms. The lowest BCUT2D eigenvalue weighted by Gasteiger charge is -2.10. The molecule has 2 rings (SSSR count). The molecule has 0 radical (unpaired) electrons. The van der Waals surface area contributed by atoms with Crippen molar-refractivity contribution in [1.29, 1.82) is 0 Å².